The molecule has 0 spiro atoms. The van der Waals surface area contributed by atoms with E-state index in [1.165, 1.54) is 75.2 Å². The van der Waals surface area contributed by atoms with Crippen molar-refractivity contribution in [1.82, 2.24) is 4.31 Å². The standard InChI is InChI=1S/C35H51NO3S/c1-31(2)28-16-18-34(5)29(14-13-26-27-7-6-17-35(27,23-37)20-19-33(26,34)4)32(28,3)21-22-36(31)40-25-11-8-24(9-12-25)10-15-30(38)39/h8-12,15,26-29,37H,6-7,13-14,16-23H2,1-5H3,(H,38,39)/b15-10+/t26?,27?,28?,29?,32?,33-,34?,35?/m1/s1. The van der Waals surface area contributed by atoms with E-state index in [1.54, 1.807) is 6.08 Å². The number of carbonyl (C=O) groups is 1. The Labute approximate surface area is 246 Å². The first-order chi connectivity index (χ1) is 18.9. The van der Waals surface area contributed by atoms with Gasteiger partial charge in [-0.25, -0.2) is 9.10 Å². The summed E-state index contributed by atoms with van der Waals surface area (Å²) in [5, 5.41) is 19.5. The van der Waals surface area contributed by atoms with Crippen LogP contribution in [0, 0.1) is 45.3 Å². The molecule has 4 nitrogen and oxygen atoms in total. The lowest BCUT2D eigenvalue weighted by molar-refractivity contribution is -0.235. The summed E-state index contributed by atoms with van der Waals surface area (Å²) in [5.74, 6) is 2.05. The summed E-state index contributed by atoms with van der Waals surface area (Å²) in [5.41, 5.74) is 2.38. The maximum atomic E-state index is 10.9. The second-order valence-corrected chi connectivity index (χ2v) is 16.6. The minimum atomic E-state index is -0.914. The van der Waals surface area contributed by atoms with Crippen molar-refractivity contribution in [3.63, 3.8) is 0 Å². The SMILES string of the molecule is CC12CCN(Sc3ccc(/C=C/C(=O)O)cc3)C(C)(C)C1CCC1(C)C2CCC2C3CCCC3(CO)CC[C@]21C. The molecule has 0 amide bonds. The molecule has 220 valence electrons. The van der Waals surface area contributed by atoms with Crippen molar-refractivity contribution < 1.29 is 15.0 Å². The van der Waals surface area contributed by atoms with Gasteiger partial charge >= 0.3 is 5.97 Å². The average Bonchev–Trinajstić information content (AvgIpc) is 3.35. The van der Waals surface area contributed by atoms with Crippen LogP contribution < -0.4 is 0 Å². The van der Waals surface area contributed by atoms with Crippen molar-refractivity contribution in [3.8, 4) is 0 Å². The number of aliphatic hydroxyl groups is 1. The van der Waals surface area contributed by atoms with Gasteiger partial charge in [0, 0.05) is 29.7 Å². The van der Waals surface area contributed by atoms with Crippen LogP contribution in [-0.2, 0) is 4.79 Å². The van der Waals surface area contributed by atoms with E-state index in [0.717, 1.165) is 29.9 Å². The third kappa shape index (κ3) is 4.11. The molecule has 0 radical (unpaired) electrons. The largest absolute Gasteiger partial charge is 0.478 e. The van der Waals surface area contributed by atoms with Gasteiger partial charge in [0.15, 0.2) is 0 Å². The summed E-state index contributed by atoms with van der Waals surface area (Å²) >= 11 is 1.89. The van der Waals surface area contributed by atoms with Crippen LogP contribution in [-0.4, -0.2) is 39.2 Å². The molecular weight excluding hydrogens is 514 g/mol. The van der Waals surface area contributed by atoms with Gasteiger partial charge in [-0.3, -0.25) is 0 Å². The molecule has 5 fully saturated rings. The van der Waals surface area contributed by atoms with Crippen LogP contribution in [0.15, 0.2) is 35.2 Å². The summed E-state index contributed by atoms with van der Waals surface area (Å²) in [7, 11) is 0. The highest BCUT2D eigenvalue weighted by Gasteiger charge is 2.69. The number of aliphatic carboxylic acids is 1. The van der Waals surface area contributed by atoms with Gasteiger partial charge in [-0.05, 0) is 153 Å². The van der Waals surface area contributed by atoms with Gasteiger partial charge in [0.2, 0.25) is 0 Å². The zero-order valence-electron chi connectivity index (χ0n) is 25.4. The Kier molecular flexibility index (Phi) is 7.11. The van der Waals surface area contributed by atoms with Crippen molar-refractivity contribution >= 4 is 24.0 Å². The molecule has 5 aliphatic rings. The Balaban J connectivity index is 1.23. The van der Waals surface area contributed by atoms with E-state index in [9.17, 15) is 9.90 Å². The zero-order chi connectivity index (χ0) is 28.6. The molecule has 1 heterocycles. The van der Waals surface area contributed by atoms with E-state index in [0.29, 0.717) is 28.8 Å². The van der Waals surface area contributed by atoms with Gasteiger partial charge in [-0.15, -0.1) is 0 Å². The zero-order valence-corrected chi connectivity index (χ0v) is 26.2. The fourth-order valence-electron chi connectivity index (χ4n) is 11.8. The number of nitrogens with zero attached hydrogens (tertiary/aromatic N) is 1. The smallest absolute Gasteiger partial charge is 0.328 e. The van der Waals surface area contributed by atoms with Crippen LogP contribution in [0.5, 0.6) is 0 Å². The minimum Gasteiger partial charge on any atom is -0.478 e. The van der Waals surface area contributed by atoms with Crippen LogP contribution in [0.2, 0.25) is 0 Å². The first-order valence-electron chi connectivity index (χ1n) is 16.0. The second kappa shape index (κ2) is 9.88. The average molecular weight is 566 g/mol. The number of hydrogen-bond donors (Lipinski definition) is 2. The van der Waals surface area contributed by atoms with Crippen LogP contribution in [0.1, 0.15) is 104 Å². The summed E-state index contributed by atoms with van der Waals surface area (Å²) < 4.78 is 2.66. The minimum absolute atomic E-state index is 0.0999. The predicted octanol–water partition coefficient (Wildman–Crippen LogP) is 8.30. The molecule has 5 heteroatoms. The summed E-state index contributed by atoms with van der Waals surface area (Å²) in [6.45, 7) is 14.6. The highest BCUT2D eigenvalue weighted by atomic mass is 32.2. The molecule has 4 aliphatic carbocycles. The van der Waals surface area contributed by atoms with Gasteiger partial charge < -0.3 is 10.2 Å². The number of aliphatic hydroxyl groups excluding tert-OH is 1. The first-order valence-corrected chi connectivity index (χ1v) is 16.7. The summed E-state index contributed by atoms with van der Waals surface area (Å²) in [6.07, 6.45) is 16.0. The molecule has 1 saturated heterocycles. The van der Waals surface area contributed by atoms with Crippen LogP contribution in [0.3, 0.4) is 0 Å². The molecule has 0 aromatic heterocycles. The third-order valence-corrected chi connectivity index (χ3v) is 15.3. The molecule has 1 aromatic carbocycles. The van der Waals surface area contributed by atoms with E-state index in [1.807, 2.05) is 24.1 Å². The Morgan fingerprint density at radius 2 is 1.65 bits per heavy atom. The molecule has 7 unspecified atom stereocenters. The predicted molar refractivity (Wildman–Crippen MR) is 164 cm³/mol. The van der Waals surface area contributed by atoms with E-state index in [2.05, 4.69) is 51.1 Å². The summed E-state index contributed by atoms with van der Waals surface area (Å²) in [4.78, 5) is 12.1. The lowest BCUT2D eigenvalue weighted by Gasteiger charge is -2.73. The molecule has 40 heavy (non-hydrogen) atoms. The maximum absolute atomic E-state index is 10.9. The molecule has 0 bridgehead atoms. The fourth-order valence-corrected chi connectivity index (χ4v) is 12.8. The quantitative estimate of drug-likeness (QED) is 0.278. The molecule has 8 atom stereocenters. The van der Waals surface area contributed by atoms with Crippen molar-refractivity contribution in [2.24, 2.45) is 45.3 Å². The van der Waals surface area contributed by atoms with Crippen LogP contribution in [0.25, 0.3) is 6.08 Å². The number of fused-ring (bicyclic) bond motifs is 7. The van der Waals surface area contributed by atoms with E-state index >= 15 is 0 Å². The fraction of sp³-hybridized carbons (Fsp3) is 0.743. The van der Waals surface area contributed by atoms with Gasteiger partial charge in [-0.1, -0.05) is 39.3 Å². The topological polar surface area (TPSA) is 60.8 Å². The third-order valence-electron chi connectivity index (χ3n) is 14.0. The monoisotopic (exact) mass is 565 g/mol. The number of rotatable bonds is 5. The molecule has 6 rings (SSSR count). The van der Waals surface area contributed by atoms with E-state index in [-0.39, 0.29) is 11.0 Å². The Morgan fingerprint density at radius 3 is 2.35 bits per heavy atom. The number of carboxylic acids is 1. The number of benzene rings is 1. The Hall–Kier alpha value is -1.30. The lowest BCUT2D eigenvalue weighted by atomic mass is 9.33. The van der Waals surface area contributed by atoms with Gasteiger partial charge in [0.1, 0.15) is 0 Å². The first kappa shape index (κ1) is 28.8. The molecule has 1 aromatic rings. The van der Waals surface area contributed by atoms with Gasteiger partial charge in [-0.2, -0.15) is 0 Å². The van der Waals surface area contributed by atoms with Gasteiger partial charge in [0.05, 0.1) is 0 Å². The van der Waals surface area contributed by atoms with Crippen molar-refractivity contribution in [2.75, 3.05) is 13.2 Å². The van der Waals surface area contributed by atoms with Crippen molar-refractivity contribution in [3.05, 3.63) is 35.9 Å². The van der Waals surface area contributed by atoms with Crippen LogP contribution in [0.4, 0.5) is 0 Å². The van der Waals surface area contributed by atoms with E-state index in [4.69, 9.17) is 5.11 Å². The lowest BCUT2D eigenvalue weighted by Crippen LogP contribution is -2.68. The molecule has 4 saturated carbocycles. The highest BCUT2D eigenvalue weighted by Crippen LogP contribution is 2.76. The second-order valence-electron chi connectivity index (χ2n) is 15.5. The molecule has 2 N–H and O–H groups in total. The van der Waals surface area contributed by atoms with Crippen molar-refractivity contribution in [2.45, 2.75) is 109 Å². The number of hydrogen-bond acceptors (Lipinski definition) is 4. The number of carboxylic acid groups (broad SMARTS) is 1. The maximum Gasteiger partial charge on any atom is 0.328 e. The van der Waals surface area contributed by atoms with Crippen molar-refractivity contribution in [1.29, 1.82) is 0 Å². The van der Waals surface area contributed by atoms with Gasteiger partial charge in [0.25, 0.3) is 0 Å². The molecular formula is C35H51NO3S. The molecule has 1 aliphatic heterocycles. The highest BCUT2D eigenvalue weighted by molar-refractivity contribution is 7.97. The summed E-state index contributed by atoms with van der Waals surface area (Å²) in [6, 6.07) is 8.31. The Bertz CT molecular complexity index is 1160. The number of piperidine rings is 1. The Morgan fingerprint density at radius 1 is 0.900 bits per heavy atom. The normalized spacial score (nSPS) is 44.5. The van der Waals surface area contributed by atoms with Crippen LogP contribution >= 0.6 is 11.9 Å². The van der Waals surface area contributed by atoms with E-state index < -0.39 is 5.97 Å².